The van der Waals surface area contributed by atoms with Gasteiger partial charge in [0.1, 0.15) is 0 Å². The van der Waals surface area contributed by atoms with Crippen LogP contribution in [0.25, 0.3) is 0 Å². The number of aliphatic hydroxyl groups is 3. The van der Waals surface area contributed by atoms with E-state index in [1.54, 1.807) is 0 Å². The van der Waals surface area contributed by atoms with Crippen molar-refractivity contribution >= 4 is 0 Å². The van der Waals surface area contributed by atoms with Gasteiger partial charge >= 0.3 is 0 Å². The Hall–Kier alpha value is -0.640. The zero-order valence-corrected chi connectivity index (χ0v) is 20.0. The van der Waals surface area contributed by atoms with E-state index in [2.05, 4.69) is 52.8 Å². The molecule has 0 aromatic heterocycles. The second kappa shape index (κ2) is 9.46. The van der Waals surface area contributed by atoms with E-state index >= 15 is 0 Å². The number of allylic oxidation sites excluding steroid dienone is 3. The van der Waals surface area contributed by atoms with E-state index in [1.165, 1.54) is 24.8 Å². The van der Waals surface area contributed by atoms with Crippen LogP contribution in [0.2, 0.25) is 0 Å². The molecule has 0 spiro atoms. The summed E-state index contributed by atoms with van der Waals surface area (Å²) in [6, 6.07) is 0. The minimum atomic E-state index is -0.465. The fourth-order valence-corrected chi connectivity index (χ4v) is 7.39. The summed E-state index contributed by atoms with van der Waals surface area (Å²) in [5.41, 5.74) is 1.49. The Kier molecular flexibility index (Phi) is 7.58. The molecule has 0 heterocycles. The first kappa shape index (κ1) is 24.0. The Morgan fingerprint density at radius 2 is 1.63 bits per heavy atom. The van der Waals surface area contributed by atoms with Gasteiger partial charge < -0.3 is 15.3 Å². The number of fused-ring (bicyclic) bond motifs is 1. The van der Waals surface area contributed by atoms with Crippen molar-refractivity contribution in [1.82, 2.24) is 0 Å². The van der Waals surface area contributed by atoms with Crippen molar-refractivity contribution < 1.29 is 15.3 Å². The Bertz CT molecular complexity index is 638. The molecule has 0 aromatic carbocycles. The SMILES string of the molecule is CC(C)C/C=C/[C@@H](C)[C@H]1CCC2/C(=C/CO)C([C@@]3(C)CC[C@H](O)C[C@@H]3O)CC[C@@]21C. The molecule has 3 aliphatic carbocycles. The van der Waals surface area contributed by atoms with Crippen LogP contribution < -0.4 is 0 Å². The topological polar surface area (TPSA) is 60.7 Å². The van der Waals surface area contributed by atoms with Gasteiger partial charge in [0.2, 0.25) is 0 Å². The maximum absolute atomic E-state index is 11.0. The third-order valence-corrected chi connectivity index (χ3v) is 9.26. The lowest BCUT2D eigenvalue weighted by Crippen LogP contribution is -2.50. The highest BCUT2D eigenvalue weighted by atomic mass is 16.3. The van der Waals surface area contributed by atoms with Crippen molar-refractivity contribution in [2.24, 2.45) is 40.4 Å². The molecule has 0 amide bonds. The Morgan fingerprint density at radius 3 is 2.27 bits per heavy atom. The van der Waals surface area contributed by atoms with Crippen molar-refractivity contribution in [3.63, 3.8) is 0 Å². The maximum Gasteiger partial charge on any atom is 0.0624 e. The zero-order chi connectivity index (χ0) is 22.1. The molecule has 3 aliphatic rings. The van der Waals surface area contributed by atoms with E-state index < -0.39 is 6.10 Å². The van der Waals surface area contributed by atoms with Crippen LogP contribution >= 0.6 is 0 Å². The highest BCUT2D eigenvalue weighted by molar-refractivity contribution is 5.25. The first-order chi connectivity index (χ1) is 14.1. The van der Waals surface area contributed by atoms with Gasteiger partial charge in [-0.15, -0.1) is 0 Å². The van der Waals surface area contributed by atoms with E-state index in [9.17, 15) is 15.3 Å². The third kappa shape index (κ3) is 4.45. The van der Waals surface area contributed by atoms with E-state index in [-0.39, 0.29) is 23.5 Å². The number of rotatable bonds is 6. The molecule has 0 radical (unpaired) electrons. The van der Waals surface area contributed by atoms with Crippen molar-refractivity contribution in [2.45, 2.75) is 98.2 Å². The molecule has 3 fully saturated rings. The predicted octanol–water partition coefficient (Wildman–Crippen LogP) is 5.50. The van der Waals surface area contributed by atoms with Crippen LogP contribution in [0.4, 0.5) is 0 Å². The van der Waals surface area contributed by atoms with Crippen LogP contribution in [0, 0.1) is 40.4 Å². The Balaban J connectivity index is 1.83. The molecular formula is C27H46O3. The average Bonchev–Trinajstić information content (AvgIpc) is 3.02. The number of aliphatic hydroxyl groups excluding tert-OH is 3. The molecule has 0 bridgehead atoms. The minimum Gasteiger partial charge on any atom is -0.393 e. The molecule has 3 saturated carbocycles. The second-order valence-electron chi connectivity index (χ2n) is 11.6. The largest absolute Gasteiger partial charge is 0.393 e. The van der Waals surface area contributed by atoms with Crippen LogP contribution in [-0.4, -0.2) is 34.1 Å². The molecule has 172 valence electrons. The van der Waals surface area contributed by atoms with Crippen LogP contribution in [-0.2, 0) is 0 Å². The fourth-order valence-electron chi connectivity index (χ4n) is 7.39. The van der Waals surface area contributed by atoms with Crippen molar-refractivity contribution in [1.29, 1.82) is 0 Å². The summed E-state index contributed by atoms with van der Waals surface area (Å²) >= 11 is 0. The van der Waals surface area contributed by atoms with Crippen LogP contribution in [0.1, 0.15) is 86.0 Å². The van der Waals surface area contributed by atoms with Gasteiger partial charge in [-0.25, -0.2) is 0 Å². The lowest BCUT2D eigenvalue weighted by molar-refractivity contribution is -0.0851. The van der Waals surface area contributed by atoms with Gasteiger partial charge in [0.05, 0.1) is 18.8 Å². The average molecular weight is 419 g/mol. The molecule has 3 heteroatoms. The summed E-state index contributed by atoms with van der Waals surface area (Å²) in [6.07, 6.45) is 14.1. The molecule has 0 aromatic rings. The van der Waals surface area contributed by atoms with Crippen LogP contribution in [0.3, 0.4) is 0 Å². The van der Waals surface area contributed by atoms with E-state index in [4.69, 9.17) is 0 Å². The molecule has 3 rings (SSSR count). The van der Waals surface area contributed by atoms with Crippen LogP contribution in [0.15, 0.2) is 23.8 Å². The van der Waals surface area contributed by atoms with Crippen molar-refractivity contribution in [2.75, 3.05) is 6.61 Å². The fraction of sp³-hybridized carbons (Fsp3) is 0.852. The summed E-state index contributed by atoms with van der Waals surface area (Å²) in [5, 5.41) is 30.9. The summed E-state index contributed by atoms with van der Waals surface area (Å²) < 4.78 is 0. The minimum absolute atomic E-state index is 0.0850. The predicted molar refractivity (Wildman–Crippen MR) is 124 cm³/mol. The van der Waals surface area contributed by atoms with Gasteiger partial charge in [-0.05, 0) is 86.4 Å². The van der Waals surface area contributed by atoms with Crippen LogP contribution in [0.5, 0.6) is 0 Å². The van der Waals surface area contributed by atoms with E-state index in [1.807, 2.05) is 0 Å². The first-order valence-corrected chi connectivity index (χ1v) is 12.5. The van der Waals surface area contributed by atoms with Gasteiger partial charge in [0.25, 0.3) is 0 Å². The molecule has 8 atom stereocenters. The quantitative estimate of drug-likeness (QED) is 0.499. The molecule has 0 aliphatic heterocycles. The van der Waals surface area contributed by atoms with E-state index in [0.29, 0.717) is 36.0 Å². The molecule has 3 N–H and O–H groups in total. The monoisotopic (exact) mass is 418 g/mol. The molecule has 30 heavy (non-hydrogen) atoms. The normalized spacial score (nSPS) is 44.7. The Morgan fingerprint density at radius 1 is 0.967 bits per heavy atom. The summed E-state index contributed by atoms with van der Waals surface area (Å²) in [4.78, 5) is 0. The lowest BCUT2D eigenvalue weighted by atomic mass is 9.51. The highest BCUT2D eigenvalue weighted by Gasteiger charge is 2.56. The number of hydrogen-bond acceptors (Lipinski definition) is 3. The summed E-state index contributed by atoms with van der Waals surface area (Å²) in [7, 11) is 0. The first-order valence-electron chi connectivity index (χ1n) is 12.5. The highest BCUT2D eigenvalue weighted by Crippen LogP contribution is 2.64. The van der Waals surface area contributed by atoms with E-state index in [0.717, 1.165) is 25.7 Å². The number of hydrogen-bond donors (Lipinski definition) is 3. The van der Waals surface area contributed by atoms with Crippen molar-refractivity contribution in [3.05, 3.63) is 23.8 Å². The smallest absolute Gasteiger partial charge is 0.0624 e. The lowest BCUT2D eigenvalue weighted by Gasteiger charge is -2.54. The van der Waals surface area contributed by atoms with Gasteiger partial charge in [0, 0.05) is 5.41 Å². The van der Waals surface area contributed by atoms with Gasteiger partial charge in [-0.2, -0.15) is 0 Å². The zero-order valence-electron chi connectivity index (χ0n) is 20.0. The Labute approximate surface area is 184 Å². The molecule has 0 saturated heterocycles. The maximum atomic E-state index is 11.0. The molecule has 2 unspecified atom stereocenters. The third-order valence-electron chi connectivity index (χ3n) is 9.26. The summed E-state index contributed by atoms with van der Waals surface area (Å²) in [6.45, 7) is 11.7. The second-order valence-corrected chi connectivity index (χ2v) is 11.6. The summed E-state index contributed by atoms with van der Waals surface area (Å²) in [5.74, 6) is 2.79. The van der Waals surface area contributed by atoms with Gasteiger partial charge in [-0.3, -0.25) is 0 Å². The van der Waals surface area contributed by atoms with Crippen molar-refractivity contribution in [3.8, 4) is 0 Å². The van der Waals surface area contributed by atoms with Gasteiger partial charge in [-0.1, -0.05) is 58.4 Å². The molecule has 3 nitrogen and oxygen atoms in total. The standard InChI is InChI=1S/C27H46O3/c1-18(2)7-6-8-19(3)22-9-10-23-21(13-16-28)24(12-15-26(22,23)4)27(5)14-11-20(29)17-25(27)30/h6,8,13,18-20,22-25,28-30H,7,9-12,14-17H2,1-5H3/b8-6+,21-13-/t19-,20+,22-,23?,24?,25+,26-,27-/m1/s1. The molecular weight excluding hydrogens is 372 g/mol. The van der Waals surface area contributed by atoms with Gasteiger partial charge in [0.15, 0.2) is 0 Å².